The average Bonchev–Trinajstić information content (AvgIpc) is 2.81. The largest absolute Gasteiger partial charge is 0.480 e. The van der Waals surface area contributed by atoms with Crippen LogP contribution < -0.4 is 5.32 Å². The number of nitrogens with one attached hydrogen (secondary N) is 1. The van der Waals surface area contributed by atoms with Crippen molar-refractivity contribution in [2.45, 2.75) is 38.1 Å². The number of amides is 1. The van der Waals surface area contributed by atoms with E-state index < -0.39 is 12.0 Å². The van der Waals surface area contributed by atoms with Crippen molar-refractivity contribution < 1.29 is 14.7 Å². The highest BCUT2D eigenvalue weighted by Gasteiger charge is 2.33. The van der Waals surface area contributed by atoms with Gasteiger partial charge >= 0.3 is 5.97 Å². The average molecular weight is 240 g/mol. The summed E-state index contributed by atoms with van der Waals surface area (Å²) in [5, 5.41) is 12.3. The van der Waals surface area contributed by atoms with Crippen molar-refractivity contribution in [2.75, 3.05) is 19.6 Å². The summed E-state index contributed by atoms with van der Waals surface area (Å²) in [7, 11) is 0. The fraction of sp³-hybridized carbons (Fsp3) is 0.833. The van der Waals surface area contributed by atoms with Gasteiger partial charge in [-0.15, -0.1) is 0 Å². The summed E-state index contributed by atoms with van der Waals surface area (Å²) in [6, 6.07) is -0.592. The molecule has 96 valence electrons. The molecule has 0 saturated carbocycles. The quantitative estimate of drug-likeness (QED) is 0.751. The molecule has 2 aliphatic heterocycles. The highest BCUT2D eigenvalue weighted by atomic mass is 16.4. The van der Waals surface area contributed by atoms with Crippen molar-refractivity contribution in [1.29, 1.82) is 0 Å². The standard InChI is InChI=1S/C12H20N2O3/c15-11(7-9-4-5-13-8-9)14-6-2-1-3-10(14)12(16)17/h9-10,13H,1-8H2,(H,16,17)/t9?,10-/m1/s1. The summed E-state index contributed by atoms with van der Waals surface area (Å²) in [6.07, 6.45) is 3.96. The minimum atomic E-state index is -0.859. The lowest BCUT2D eigenvalue weighted by atomic mass is 9.99. The van der Waals surface area contributed by atoms with E-state index in [9.17, 15) is 9.59 Å². The Morgan fingerprint density at radius 3 is 2.76 bits per heavy atom. The van der Waals surface area contributed by atoms with Crippen LogP contribution in [0.25, 0.3) is 0 Å². The van der Waals surface area contributed by atoms with E-state index in [1.807, 2.05) is 0 Å². The van der Waals surface area contributed by atoms with E-state index in [0.29, 0.717) is 25.3 Å². The molecule has 0 aromatic carbocycles. The lowest BCUT2D eigenvalue weighted by Gasteiger charge is -2.33. The van der Waals surface area contributed by atoms with Gasteiger partial charge in [-0.3, -0.25) is 4.79 Å². The Morgan fingerprint density at radius 1 is 1.29 bits per heavy atom. The zero-order chi connectivity index (χ0) is 12.3. The molecule has 2 aliphatic rings. The smallest absolute Gasteiger partial charge is 0.326 e. The van der Waals surface area contributed by atoms with Crippen molar-refractivity contribution >= 4 is 11.9 Å². The molecule has 5 nitrogen and oxygen atoms in total. The number of carboxylic acid groups (broad SMARTS) is 1. The number of carboxylic acids is 1. The van der Waals surface area contributed by atoms with Gasteiger partial charge in [-0.25, -0.2) is 4.79 Å². The van der Waals surface area contributed by atoms with Gasteiger partial charge in [-0.2, -0.15) is 0 Å². The number of piperidine rings is 1. The van der Waals surface area contributed by atoms with Crippen LogP contribution in [0.4, 0.5) is 0 Å². The maximum absolute atomic E-state index is 12.1. The van der Waals surface area contributed by atoms with Crippen LogP contribution in [0.3, 0.4) is 0 Å². The molecule has 2 rings (SSSR count). The zero-order valence-corrected chi connectivity index (χ0v) is 10.0. The first-order valence-corrected chi connectivity index (χ1v) is 6.41. The Labute approximate surface area is 101 Å². The van der Waals surface area contributed by atoms with E-state index in [0.717, 1.165) is 32.4 Å². The second-order valence-electron chi connectivity index (χ2n) is 5.00. The molecule has 0 aliphatic carbocycles. The second-order valence-corrected chi connectivity index (χ2v) is 5.00. The minimum Gasteiger partial charge on any atom is -0.480 e. The molecule has 0 aromatic rings. The van der Waals surface area contributed by atoms with Crippen molar-refractivity contribution in [3.63, 3.8) is 0 Å². The Morgan fingerprint density at radius 2 is 2.12 bits per heavy atom. The summed E-state index contributed by atoms with van der Waals surface area (Å²) in [6.45, 7) is 2.47. The maximum Gasteiger partial charge on any atom is 0.326 e. The first-order chi connectivity index (χ1) is 8.18. The van der Waals surface area contributed by atoms with Crippen molar-refractivity contribution in [3.05, 3.63) is 0 Å². The molecule has 0 radical (unpaired) electrons. The van der Waals surface area contributed by atoms with E-state index in [-0.39, 0.29) is 5.91 Å². The minimum absolute atomic E-state index is 0.0193. The van der Waals surface area contributed by atoms with E-state index in [4.69, 9.17) is 5.11 Å². The molecule has 17 heavy (non-hydrogen) atoms. The van der Waals surface area contributed by atoms with Crippen molar-refractivity contribution in [2.24, 2.45) is 5.92 Å². The molecule has 2 atom stereocenters. The van der Waals surface area contributed by atoms with Crippen LogP contribution in [0.2, 0.25) is 0 Å². The zero-order valence-electron chi connectivity index (χ0n) is 10.0. The maximum atomic E-state index is 12.1. The number of nitrogens with zero attached hydrogens (tertiary/aromatic N) is 1. The Kier molecular flexibility index (Phi) is 3.99. The first kappa shape index (κ1) is 12.4. The molecule has 1 unspecified atom stereocenters. The number of aliphatic carboxylic acids is 1. The fourth-order valence-corrected chi connectivity index (χ4v) is 2.74. The lowest BCUT2D eigenvalue weighted by molar-refractivity contribution is -0.152. The summed E-state index contributed by atoms with van der Waals surface area (Å²) < 4.78 is 0. The molecule has 0 aromatic heterocycles. The lowest BCUT2D eigenvalue weighted by Crippen LogP contribution is -2.48. The van der Waals surface area contributed by atoms with E-state index in [2.05, 4.69) is 5.32 Å². The Hall–Kier alpha value is -1.10. The highest BCUT2D eigenvalue weighted by Crippen LogP contribution is 2.21. The number of rotatable bonds is 3. The van der Waals surface area contributed by atoms with Crippen LogP contribution in [-0.4, -0.2) is 47.6 Å². The highest BCUT2D eigenvalue weighted by molar-refractivity contribution is 5.84. The number of hydrogen-bond donors (Lipinski definition) is 2. The molecule has 2 fully saturated rings. The van der Waals surface area contributed by atoms with Gasteiger partial charge < -0.3 is 15.3 Å². The van der Waals surface area contributed by atoms with Gasteiger partial charge in [0.1, 0.15) is 6.04 Å². The van der Waals surface area contributed by atoms with Gasteiger partial charge in [0, 0.05) is 13.0 Å². The van der Waals surface area contributed by atoms with Crippen LogP contribution in [0.15, 0.2) is 0 Å². The molecule has 2 N–H and O–H groups in total. The molecule has 1 amide bonds. The summed E-state index contributed by atoms with van der Waals surface area (Å²) in [4.78, 5) is 24.8. The molecule has 0 bridgehead atoms. The third-order valence-corrected chi connectivity index (χ3v) is 3.73. The molecular weight excluding hydrogens is 220 g/mol. The van der Waals surface area contributed by atoms with Gasteiger partial charge in [-0.1, -0.05) is 0 Å². The van der Waals surface area contributed by atoms with Crippen molar-refractivity contribution in [1.82, 2.24) is 10.2 Å². The normalized spacial score (nSPS) is 29.3. The van der Waals surface area contributed by atoms with Gasteiger partial charge in [0.25, 0.3) is 0 Å². The summed E-state index contributed by atoms with van der Waals surface area (Å²) >= 11 is 0. The van der Waals surface area contributed by atoms with Gasteiger partial charge in [0.15, 0.2) is 0 Å². The molecule has 0 spiro atoms. The number of hydrogen-bond acceptors (Lipinski definition) is 3. The predicted molar refractivity (Wildman–Crippen MR) is 62.6 cm³/mol. The number of carbonyl (C=O) groups is 2. The van der Waals surface area contributed by atoms with Gasteiger partial charge in [-0.05, 0) is 44.7 Å². The third-order valence-electron chi connectivity index (χ3n) is 3.73. The van der Waals surface area contributed by atoms with Crippen molar-refractivity contribution in [3.8, 4) is 0 Å². The summed E-state index contributed by atoms with van der Waals surface area (Å²) in [5.74, 6) is -0.452. The first-order valence-electron chi connectivity index (χ1n) is 6.41. The Bertz CT molecular complexity index is 300. The topological polar surface area (TPSA) is 69.6 Å². The second kappa shape index (κ2) is 5.49. The molecule has 2 saturated heterocycles. The van der Waals surface area contributed by atoms with Crippen LogP contribution in [-0.2, 0) is 9.59 Å². The third kappa shape index (κ3) is 2.97. The molecular formula is C12H20N2O3. The van der Waals surface area contributed by atoms with E-state index in [1.54, 1.807) is 4.90 Å². The monoisotopic (exact) mass is 240 g/mol. The molecule has 5 heteroatoms. The van der Waals surface area contributed by atoms with Crippen LogP contribution in [0.5, 0.6) is 0 Å². The van der Waals surface area contributed by atoms with Gasteiger partial charge in [0.2, 0.25) is 5.91 Å². The summed E-state index contributed by atoms with van der Waals surface area (Å²) in [5.41, 5.74) is 0. The Balaban J connectivity index is 1.93. The molecule has 2 heterocycles. The van der Waals surface area contributed by atoms with E-state index >= 15 is 0 Å². The number of likely N-dealkylation sites (tertiary alicyclic amines) is 1. The van der Waals surface area contributed by atoms with Crippen LogP contribution >= 0.6 is 0 Å². The number of carbonyl (C=O) groups excluding carboxylic acids is 1. The van der Waals surface area contributed by atoms with Crippen LogP contribution in [0.1, 0.15) is 32.1 Å². The predicted octanol–water partition coefficient (Wildman–Crippen LogP) is 0.452. The SMILES string of the molecule is O=C(O)[C@H]1CCCCN1C(=O)CC1CCNC1. The van der Waals surface area contributed by atoms with Gasteiger partial charge in [0.05, 0.1) is 0 Å². The fourth-order valence-electron chi connectivity index (χ4n) is 2.74. The van der Waals surface area contributed by atoms with Crippen LogP contribution in [0, 0.1) is 5.92 Å². The van der Waals surface area contributed by atoms with E-state index in [1.165, 1.54) is 0 Å².